The second-order valence-corrected chi connectivity index (χ2v) is 8.27. The summed E-state index contributed by atoms with van der Waals surface area (Å²) in [5, 5.41) is 5.77. The van der Waals surface area contributed by atoms with Gasteiger partial charge in [-0.25, -0.2) is 9.18 Å². The number of hydrogen-bond acceptors (Lipinski definition) is 4. The molecule has 0 aliphatic heterocycles. The SMILES string of the molecule is O=C(CCCCn1c(=O)c2ccccc2n(CC(=O)Nc2ccccc2)c1=O)Nc1ccc(F)cc1. The molecule has 36 heavy (non-hydrogen) atoms. The largest absolute Gasteiger partial charge is 0.331 e. The Labute approximate surface area is 206 Å². The van der Waals surface area contributed by atoms with Crippen molar-refractivity contribution in [2.45, 2.75) is 32.4 Å². The highest BCUT2D eigenvalue weighted by molar-refractivity contribution is 5.92. The van der Waals surface area contributed by atoms with Crippen molar-refractivity contribution in [2.24, 2.45) is 0 Å². The third kappa shape index (κ3) is 5.93. The maximum Gasteiger partial charge on any atom is 0.331 e. The average molecular weight is 489 g/mol. The number of para-hydroxylation sites is 2. The van der Waals surface area contributed by atoms with Crippen molar-refractivity contribution in [3.05, 3.63) is 106 Å². The third-order valence-corrected chi connectivity index (χ3v) is 5.66. The van der Waals surface area contributed by atoms with Gasteiger partial charge >= 0.3 is 5.69 Å². The van der Waals surface area contributed by atoms with E-state index in [1.54, 1.807) is 48.5 Å². The number of halogens is 1. The van der Waals surface area contributed by atoms with Crippen molar-refractivity contribution in [1.29, 1.82) is 0 Å². The number of carbonyl (C=O) groups is 2. The average Bonchev–Trinajstić information content (AvgIpc) is 2.88. The lowest BCUT2D eigenvalue weighted by Crippen LogP contribution is -2.41. The van der Waals surface area contributed by atoms with E-state index in [0.29, 0.717) is 35.1 Å². The maximum atomic E-state index is 13.2. The molecule has 0 spiro atoms. The van der Waals surface area contributed by atoms with Crippen molar-refractivity contribution in [1.82, 2.24) is 9.13 Å². The standard InChI is InChI=1S/C27H25FN4O4/c28-19-13-15-21(16-14-19)29-24(33)12-6-7-17-31-26(35)22-10-4-5-11-23(22)32(27(31)36)18-25(34)30-20-8-2-1-3-9-20/h1-5,8-11,13-16H,6-7,12,17-18H2,(H,29,33)(H,30,34). The van der Waals surface area contributed by atoms with E-state index >= 15 is 0 Å². The first-order valence-electron chi connectivity index (χ1n) is 11.5. The molecule has 2 amide bonds. The van der Waals surface area contributed by atoms with E-state index in [-0.39, 0.29) is 25.4 Å². The van der Waals surface area contributed by atoms with Crippen molar-refractivity contribution in [2.75, 3.05) is 10.6 Å². The first-order valence-corrected chi connectivity index (χ1v) is 11.5. The van der Waals surface area contributed by atoms with Gasteiger partial charge in [-0.3, -0.25) is 23.5 Å². The Bertz CT molecular complexity index is 1490. The number of unbranched alkanes of at least 4 members (excludes halogenated alkanes) is 1. The van der Waals surface area contributed by atoms with Crippen molar-refractivity contribution < 1.29 is 14.0 Å². The molecule has 4 rings (SSSR count). The van der Waals surface area contributed by atoms with Gasteiger partial charge in [0, 0.05) is 24.3 Å². The third-order valence-electron chi connectivity index (χ3n) is 5.66. The van der Waals surface area contributed by atoms with E-state index in [0.717, 1.165) is 4.57 Å². The number of carbonyl (C=O) groups excluding carboxylic acids is 2. The molecule has 0 aliphatic rings. The minimum atomic E-state index is -0.585. The Hall–Kier alpha value is -4.53. The molecule has 8 nitrogen and oxygen atoms in total. The molecule has 1 heterocycles. The Morgan fingerprint density at radius 1 is 0.722 bits per heavy atom. The molecular formula is C27H25FN4O4. The Balaban J connectivity index is 1.46. The summed E-state index contributed by atoms with van der Waals surface area (Å²) in [6.07, 6.45) is 1.01. The fourth-order valence-electron chi connectivity index (χ4n) is 3.90. The van der Waals surface area contributed by atoms with Crippen LogP contribution >= 0.6 is 0 Å². The molecule has 0 atom stereocenters. The van der Waals surface area contributed by atoms with Crippen LogP contribution in [0.2, 0.25) is 0 Å². The smallest absolute Gasteiger partial charge is 0.326 e. The molecule has 0 fully saturated rings. The van der Waals surface area contributed by atoms with Gasteiger partial charge in [0.2, 0.25) is 11.8 Å². The van der Waals surface area contributed by atoms with Gasteiger partial charge in [-0.15, -0.1) is 0 Å². The van der Waals surface area contributed by atoms with Crippen LogP contribution in [0, 0.1) is 5.82 Å². The van der Waals surface area contributed by atoms with E-state index < -0.39 is 23.0 Å². The lowest BCUT2D eigenvalue weighted by atomic mass is 10.2. The summed E-state index contributed by atoms with van der Waals surface area (Å²) in [6.45, 7) is -0.152. The normalized spacial score (nSPS) is 10.8. The quantitative estimate of drug-likeness (QED) is 0.350. The summed E-state index contributed by atoms with van der Waals surface area (Å²) in [5.74, 6) is -1.03. The molecular weight excluding hydrogens is 463 g/mol. The number of nitrogens with one attached hydrogen (secondary N) is 2. The number of aromatic nitrogens is 2. The monoisotopic (exact) mass is 488 g/mol. The number of rotatable bonds is 9. The lowest BCUT2D eigenvalue weighted by Gasteiger charge is -2.14. The van der Waals surface area contributed by atoms with E-state index in [1.807, 2.05) is 6.07 Å². The molecule has 9 heteroatoms. The number of fused-ring (bicyclic) bond motifs is 1. The Morgan fingerprint density at radius 3 is 2.11 bits per heavy atom. The van der Waals surface area contributed by atoms with Gasteiger partial charge in [-0.2, -0.15) is 0 Å². The summed E-state index contributed by atoms with van der Waals surface area (Å²) < 4.78 is 15.4. The Kier molecular flexibility index (Phi) is 7.69. The molecule has 0 unspecified atom stereocenters. The number of benzene rings is 3. The molecule has 0 saturated heterocycles. The zero-order valence-electron chi connectivity index (χ0n) is 19.4. The number of amides is 2. The molecule has 1 aromatic heterocycles. The number of anilines is 2. The fraction of sp³-hybridized carbons (Fsp3) is 0.185. The van der Waals surface area contributed by atoms with Crippen molar-refractivity contribution in [3.8, 4) is 0 Å². The molecule has 0 aliphatic carbocycles. The van der Waals surface area contributed by atoms with Crippen LogP contribution in [0.3, 0.4) is 0 Å². The van der Waals surface area contributed by atoms with Crippen LogP contribution in [0.4, 0.5) is 15.8 Å². The topological polar surface area (TPSA) is 102 Å². The molecule has 0 radical (unpaired) electrons. The molecule has 4 aromatic rings. The molecule has 0 saturated carbocycles. The van der Waals surface area contributed by atoms with Crippen molar-refractivity contribution >= 4 is 34.1 Å². The molecule has 2 N–H and O–H groups in total. The van der Waals surface area contributed by atoms with Crippen LogP contribution in [0.5, 0.6) is 0 Å². The zero-order valence-corrected chi connectivity index (χ0v) is 19.4. The van der Waals surface area contributed by atoms with Crippen LogP contribution in [-0.4, -0.2) is 20.9 Å². The zero-order chi connectivity index (χ0) is 25.5. The van der Waals surface area contributed by atoms with Crippen LogP contribution in [0.15, 0.2) is 88.5 Å². The van der Waals surface area contributed by atoms with Gasteiger partial charge < -0.3 is 10.6 Å². The fourth-order valence-corrected chi connectivity index (χ4v) is 3.90. The van der Waals surface area contributed by atoms with Gasteiger partial charge in [0.05, 0.1) is 10.9 Å². The molecule has 0 bridgehead atoms. The summed E-state index contributed by atoms with van der Waals surface area (Å²) in [6, 6.07) is 21.0. The van der Waals surface area contributed by atoms with Crippen LogP contribution < -0.4 is 21.9 Å². The highest BCUT2D eigenvalue weighted by Gasteiger charge is 2.15. The van der Waals surface area contributed by atoms with Crippen molar-refractivity contribution in [3.63, 3.8) is 0 Å². The maximum absolute atomic E-state index is 13.2. The highest BCUT2D eigenvalue weighted by Crippen LogP contribution is 2.11. The van der Waals surface area contributed by atoms with E-state index in [9.17, 15) is 23.6 Å². The van der Waals surface area contributed by atoms with Crippen LogP contribution in [0.1, 0.15) is 19.3 Å². The summed E-state index contributed by atoms with van der Waals surface area (Å²) in [5.41, 5.74) is 0.449. The van der Waals surface area contributed by atoms with E-state index in [1.165, 1.54) is 28.8 Å². The lowest BCUT2D eigenvalue weighted by molar-refractivity contribution is -0.117. The molecule has 3 aromatic carbocycles. The summed E-state index contributed by atoms with van der Waals surface area (Å²) >= 11 is 0. The molecule has 184 valence electrons. The van der Waals surface area contributed by atoms with Gasteiger partial charge in [0.1, 0.15) is 12.4 Å². The first-order chi connectivity index (χ1) is 17.4. The number of nitrogens with zero attached hydrogens (tertiary/aromatic N) is 2. The van der Waals surface area contributed by atoms with Crippen LogP contribution in [0.25, 0.3) is 10.9 Å². The number of hydrogen-bond donors (Lipinski definition) is 2. The van der Waals surface area contributed by atoms with Gasteiger partial charge in [-0.05, 0) is 61.4 Å². The van der Waals surface area contributed by atoms with E-state index in [2.05, 4.69) is 10.6 Å². The first kappa shape index (κ1) is 24.6. The van der Waals surface area contributed by atoms with Gasteiger partial charge in [-0.1, -0.05) is 30.3 Å². The highest BCUT2D eigenvalue weighted by atomic mass is 19.1. The predicted octanol–water partition coefficient (Wildman–Crippen LogP) is 3.75. The van der Waals surface area contributed by atoms with Gasteiger partial charge in [0.25, 0.3) is 5.56 Å². The summed E-state index contributed by atoms with van der Waals surface area (Å²) in [4.78, 5) is 51.1. The second kappa shape index (κ2) is 11.3. The predicted molar refractivity (Wildman–Crippen MR) is 136 cm³/mol. The van der Waals surface area contributed by atoms with Crippen LogP contribution in [-0.2, 0) is 22.7 Å². The van der Waals surface area contributed by atoms with E-state index in [4.69, 9.17) is 0 Å². The Morgan fingerprint density at radius 2 is 1.36 bits per heavy atom. The second-order valence-electron chi connectivity index (χ2n) is 8.27. The minimum absolute atomic E-state index is 0.104. The summed E-state index contributed by atoms with van der Waals surface area (Å²) in [7, 11) is 0. The minimum Gasteiger partial charge on any atom is -0.326 e. The van der Waals surface area contributed by atoms with Gasteiger partial charge in [0.15, 0.2) is 0 Å².